The number of pyridine rings is 1. The van der Waals surface area contributed by atoms with Crippen LogP contribution < -0.4 is 10.2 Å². The van der Waals surface area contributed by atoms with E-state index in [4.69, 9.17) is 15.0 Å². The quantitative estimate of drug-likeness (QED) is 0.233. The molecule has 6 rings (SSSR count). The van der Waals surface area contributed by atoms with Gasteiger partial charge in [-0.1, -0.05) is 25.1 Å². The highest BCUT2D eigenvalue weighted by atomic mass is 32.2. The number of tetrazole rings is 1. The largest absolute Gasteiger partial charge is 0.362 e. The summed E-state index contributed by atoms with van der Waals surface area (Å²) in [6.45, 7) is 12.5. The van der Waals surface area contributed by atoms with E-state index in [1.54, 1.807) is 0 Å². The van der Waals surface area contributed by atoms with Crippen molar-refractivity contribution in [3.05, 3.63) is 76.0 Å². The molecule has 216 valence electrons. The van der Waals surface area contributed by atoms with Gasteiger partial charge in [0.2, 0.25) is 5.95 Å². The lowest BCUT2D eigenvalue weighted by Crippen LogP contribution is -2.34. The Bertz CT molecular complexity index is 1720. The summed E-state index contributed by atoms with van der Waals surface area (Å²) in [7, 11) is 0. The summed E-state index contributed by atoms with van der Waals surface area (Å²) in [6.07, 6.45) is 4.67. The van der Waals surface area contributed by atoms with E-state index >= 15 is 0 Å². The minimum Gasteiger partial charge on any atom is -0.362 e. The van der Waals surface area contributed by atoms with E-state index in [1.165, 1.54) is 11.1 Å². The zero-order chi connectivity index (χ0) is 29.2. The molecule has 2 N–H and O–H groups in total. The first kappa shape index (κ1) is 27.9. The number of H-pyrrole nitrogens is 1. The molecule has 0 saturated carbocycles. The monoisotopic (exact) mass is 580 g/mol. The van der Waals surface area contributed by atoms with Gasteiger partial charge in [-0.05, 0) is 80.5 Å². The number of rotatable bonds is 8. The standard InChI is InChI=1S/C31H36N10S/c1-6-26(25-18-23-9-7-8-19(2)28(23)34-30(25)40-14-16-42-17-15-40)33-29-24(12-13-27-36-38-39-37-27)22(5)32-31(35-29)41-20(3)10-11-21(41)4/h7-13,18,26H,6,14-17H2,1-5H3,(H,32,33,35)(H,36,37,38,39)/b13-12+. The highest BCUT2D eigenvalue weighted by Gasteiger charge is 2.24. The van der Waals surface area contributed by atoms with Crippen LogP contribution in [0.4, 0.5) is 11.6 Å². The van der Waals surface area contributed by atoms with Crippen molar-refractivity contribution in [1.29, 1.82) is 0 Å². The molecular weight excluding hydrogens is 544 g/mol. The van der Waals surface area contributed by atoms with Crippen molar-refractivity contribution in [3.8, 4) is 5.95 Å². The van der Waals surface area contributed by atoms with Crippen LogP contribution in [-0.4, -0.2) is 64.7 Å². The van der Waals surface area contributed by atoms with Crippen LogP contribution in [0.25, 0.3) is 29.0 Å². The van der Waals surface area contributed by atoms with Crippen LogP contribution in [0.5, 0.6) is 0 Å². The summed E-state index contributed by atoms with van der Waals surface area (Å²) in [5.74, 6) is 5.23. The molecule has 1 aliphatic heterocycles. The van der Waals surface area contributed by atoms with E-state index in [-0.39, 0.29) is 6.04 Å². The van der Waals surface area contributed by atoms with Gasteiger partial charge < -0.3 is 10.2 Å². The van der Waals surface area contributed by atoms with Crippen molar-refractivity contribution >= 4 is 46.5 Å². The zero-order valence-corrected chi connectivity index (χ0v) is 25.5. The smallest absolute Gasteiger partial charge is 0.236 e. The number of fused-ring (bicyclic) bond motifs is 1. The number of nitrogens with zero attached hydrogens (tertiary/aromatic N) is 8. The van der Waals surface area contributed by atoms with Crippen molar-refractivity contribution < 1.29 is 0 Å². The molecule has 0 bridgehead atoms. The molecule has 1 fully saturated rings. The maximum Gasteiger partial charge on any atom is 0.236 e. The average Bonchev–Trinajstić information content (AvgIpc) is 3.64. The molecule has 5 heterocycles. The predicted molar refractivity (Wildman–Crippen MR) is 171 cm³/mol. The molecule has 0 amide bonds. The third-order valence-electron chi connectivity index (χ3n) is 7.83. The molecule has 42 heavy (non-hydrogen) atoms. The molecule has 4 aromatic heterocycles. The molecule has 1 aromatic carbocycles. The number of anilines is 2. The number of para-hydroxylation sites is 1. The lowest BCUT2D eigenvalue weighted by molar-refractivity contribution is 0.724. The van der Waals surface area contributed by atoms with E-state index in [1.807, 2.05) is 30.8 Å². The SMILES string of the molecule is CCC(Nc1nc(-n2c(C)ccc2C)nc(C)c1/C=C/c1nnn[nH]1)c1cc2cccc(C)c2nc1N1CCSCC1. The number of thioether (sulfide) groups is 1. The highest BCUT2D eigenvalue weighted by molar-refractivity contribution is 7.99. The van der Waals surface area contributed by atoms with Crippen LogP contribution in [-0.2, 0) is 0 Å². The maximum atomic E-state index is 5.30. The van der Waals surface area contributed by atoms with Crippen molar-refractivity contribution in [3.63, 3.8) is 0 Å². The Morgan fingerprint density at radius 1 is 1.00 bits per heavy atom. The molecule has 10 nitrogen and oxygen atoms in total. The van der Waals surface area contributed by atoms with Crippen LogP contribution in [0.1, 0.15) is 59.0 Å². The molecule has 5 aromatic rings. The Morgan fingerprint density at radius 2 is 1.79 bits per heavy atom. The highest BCUT2D eigenvalue weighted by Crippen LogP contribution is 2.35. The van der Waals surface area contributed by atoms with E-state index in [9.17, 15) is 0 Å². The normalized spacial score (nSPS) is 14.6. The second-order valence-electron chi connectivity index (χ2n) is 10.7. The minimum absolute atomic E-state index is 0.0277. The Labute approximate surface area is 250 Å². The van der Waals surface area contributed by atoms with Crippen LogP contribution in [0, 0.1) is 27.7 Å². The second kappa shape index (κ2) is 11.9. The molecule has 1 unspecified atom stereocenters. The number of nitrogens with one attached hydrogen (secondary N) is 2. The van der Waals surface area contributed by atoms with Gasteiger partial charge in [-0.15, -0.1) is 5.10 Å². The third kappa shape index (κ3) is 5.48. The number of aromatic nitrogens is 8. The lowest BCUT2D eigenvalue weighted by Gasteiger charge is -2.32. The topological polar surface area (TPSA) is 113 Å². The molecule has 0 spiro atoms. The van der Waals surface area contributed by atoms with Crippen molar-refractivity contribution in [2.45, 2.75) is 47.1 Å². The first-order chi connectivity index (χ1) is 20.4. The van der Waals surface area contributed by atoms with E-state index in [2.05, 4.69) is 99.5 Å². The Morgan fingerprint density at radius 3 is 2.50 bits per heavy atom. The molecule has 0 radical (unpaired) electrons. The number of aryl methyl sites for hydroxylation is 4. The van der Waals surface area contributed by atoms with Gasteiger partial charge in [0, 0.05) is 52.5 Å². The molecular formula is C31H36N10S. The van der Waals surface area contributed by atoms with Gasteiger partial charge >= 0.3 is 0 Å². The van der Waals surface area contributed by atoms with Crippen LogP contribution >= 0.6 is 11.8 Å². The van der Waals surface area contributed by atoms with Gasteiger partial charge in [0.25, 0.3) is 0 Å². The first-order valence-electron chi connectivity index (χ1n) is 14.4. The molecule has 1 atom stereocenters. The fourth-order valence-corrected chi connectivity index (χ4v) is 6.47. The van der Waals surface area contributed by atoms with E-state index in [0.717, 1.165) is 76.2 Å². The second-order valence-corrected chi connectivity index (χ2v) is 11.9. The van der Waals surface area contributed by atoms with E-state index < -0.39 is 0 Å². The van der Waals surface area contributed by atoms with Crippen molar-refractivity contribution in [2.24, 2.45) is 0 Å². The van der Waals surface area contributed by atoms with Crippen LogP contribution in [0.2, 0.25) is 0 Å². The van der Waals surface area contributed by atoms with Gasteiger partial charge in [-0.2, -0.15) is 16.7 Å². The average molecular weight is 581 g/mol. The molecule has 1 aliphatic rings. The minimum atomic E-state index is -0.0277. The fourth-order valence-electron chi connectivity index (χ4n) is 5.56. The predicted octanol–water partition coefficient (Wildman–Crippen LogP) is 5.85. The first-order valence-corrected chi connectivity index (χ1v) is 15.5. The number of aromatic amines is 1. The van der Waals surface area contributed by atoms with Gasteiger partial charge in [-0.25, -0.2) is 15.1 Å². The van der Waals surface area contributed by atoms with Crippen LogP contribution in [0.3, 0.4) is 0 Å². The molecule has 1 saturated heterocycles. The summed E-state index contributed by atoms with van der Waals surface area (Å²) in [4.78, 5) is 17.8. The number of hydrogen-bond donors (Lipinski definition) is 2. The number of hydrogen-bond acceptors (Lipinski definition) is 9. The Balaban J connectivity index is 1.48. The summed E-state index contributed by atoms with van der Waals surface area (Å²) in [5, 5.41) is 19.2. The van der Waals surface area contributed by atoms with Gasteiger partial charge in [0.15, 0.2) is 5.82 Å². The zero-order valence-electron chi connectivity index (χ0n) is 24.7. The summed E-state index contributed by atoms with van der Waals surface area (Å²) in [5.41, 5.74) is 7.34. The van der Waals surface area contributed by atoms with Crippen LogP contribution in [0.15, 0.2) is 36.4 Å². The molecule has 0 aliphatic carbocycles. The summed E-state index contributed by atoms with van der Waals surface area (Å²) in [6, 6.07) is 12.9. The molecule has 11 heteroatoms. The Hall–Kier alpha value is -4.25. The maximum absolute atomic E-state index is 5.30. The van der Waals surface area contributed by atoms with Crippen molar-refractivity contribution in [1.82, 2.24) is 40.1 Å². The fraction of sp³-hybridized carbons (Fsp3) is 0.355. The number of benzene rings is 1. The van der Waals surface area contributed by atoms with Gasteiger partial charge in [0.05, 0.1) is 17.3 Å². The van der Waals surface area contributed by atoms with Gasteiger partial charge in [-0.3, -0.25) is 4.57 Å². The lowest BCUT2D eigenvalue weighted by atomic mass is 10.00. The van der Waals surface area contributed by atoms with Gasteiger partial charge in [0.1, 0.15) is 11.6 Å². The summed E-state index contributed by atoms with van der Waals surface area (Å²) >= 11 is 2.00. The van der Waals surface area contributed by atoms with Crippen molar-refractivity contribution in [2.75, 3.05) is 34.8 Å². The Kier molecular flexibility index (Phi) is 7.92. The summed E-state index contributed by atoms with van der Waals surface area (Å²) < 4.78 is 2.09. The third-order valence-corrected chi connectivity index (χ3v) is 8.77. The van der Waals surface area contributed by atoms with E-state index in [0.29, 0.717) is 11.8 Å².